The highest BCUT2D eigenvalue weighted by Crippen LogP contribution is 2.34. The summed E-state index contributed by atoms with van der Waals surface area (Å²) in [5, 5.41) is 18.5. The van der Waals surface area contributed by atoms with E-state index in [1.807, 2.05) is 43.3 Å². The van der Waals surface area contributed by atoms with Gasteiger partial charge in [0.2, 0.25) is 0 Å². The second-order valence-electron chi connectivity index (χ2n) is 7.47. The van der Waals surface area contributed by atoms with Crippen LogP contribution in [-0.4, -0.2) is 36.9 Å². The largest absolute Gasteiger partial charge is 0.486 e. The summed E-state index contributed by atoms with van der Waals surface area (Å²) in [6.07, 6.45) is 3.32. The van der Waals surface area contributed by atoms with Crippen molar-refractivity contribution in [2.45, 2.75) is 19.4 Å². The van der Waals surface area contributed by atoms with Crippen molar-refractivity contribution >= 4 is 45.1 Å². The minimum atomic E-state index is -0.373. The van der Waals surface area contributed by atoms with Crippen LogP contribution in [0.4, 0.5) is 0 Å². The average Bonchev–Trinajstić information content (AvgIpc) is 3.37. The monoisotopic (exact) mass is 467 g/mol. The third-order valence-corrected chi connectivity index (χ3v) is 5.92. The standard InChI is InChI=1S/C23H19Cl2N5O2/c1-12(21-16(24)10-26-11-17(21)25)32-14-3-5-18-15(9-14)22(30-29-18)23-27-19-4-2-13(6-7-31)8-20(19)28-23/h2-5,8-12,31H,6-7H2,1H3,(H,27,28)(H,29,30). The van der Waals surface area contributed by atoms with Crippen LogP contribution in [0.3, 0.4) is 0 Å². The van der Waals surface area contributed by atoms with Gasteiger partial charge in [-0.05, 0) is 49.2 Å². The van der Waals surface area contributed by atoms with Gasteiger partial charge < -0.3 is 14.8 Å². The maximum Gasteiger partial charge on any atom is 0.159 e. The highest BCUT2D eigenvalue weighted by molar-refractivity contribution is 6.35. The predicted octanol–water partition coefficient (Wildman–Crippen LogP) is 5.48. The highest BCUT2D eigenvalue weighted by Gasteiger charge is 2.18. The van der Waals surface area contributed by atoms with Gasteiger partial charge in [0.1, 0.15) is 17.5 Å². The number of aliphatic hydroxyl groups is 1. The molecular formula is C23H19Cl2N5O2. The molecule has 32 heavy (non-hydrogen) atoms. The number of H-pyrrole nitrogens is 2. The number of imidazole rings is 1. The first kappa shape index (κ1) is 20.8. The van der Waals surface area contributed by atoms with Gasteiger partial charge in [-0.2, -0.15) is 5.10 Å². The Balaban J connectivity index is 1.50. The number of aliphatic hydroxyl groups excluding tert-OH is 1. The molecule has 0 spiro atoms. The van der Waals surface area contributed by atoms with Crippen LogP contribution in [0, 0.1) is 0 Å². The van der Waals surface area contributed by atoms with E-state index in [1.165, 1.54) is 0 Å². The Labute approximate surface area is 193 Å². The summed E-state index contributed by atoms with van der Waals surface area (Å²) in [4.78, 5) is 12.0. The van der Waals surface area contributed by atoms with Crippen molar-refractivity contribution in [3.8, 4) is 17.3 Å². The molecule has 0 aliphatic rings. The number of benzene rings is 2. The number of aromatic nitrogens is 5. The maximum atomic E-state index is 9.19. The van der Waals surface area contributed by atoms with Gasteiger partial charge in [-0.15, -0.1) is 0 Å². The fraction of sp³-hybridized carbons (Fsp3) is 0.174. The number of nitrogens with one attached hydrogen (secondary N) is 2. The van der Waals surface area contributed by atoms with Gasteiger partial charge in [0.05, 0.1) is 26.6 Å². The minimum absolute atomic E-state index is 0.105. The van der Waals surface area contributed by atoms with Crippen molar-refractivity contribution in [2.75, 3.05) is 6.61 Å². The molecule has 9 heteroatoms. The van der Waals surface area contributed by atoms with E-state index in [-0.39, 0.29) is 12.7 Å². The van der Waals surface area contributed by atoms with E-state index in [0.29, 0.717) is 39.3 Å². The zero-order valence-electron chi connectivity index (χ0n) is 17.1. The Bertz CT molecular complexity index is 1410. The number of halogens is 2. The van der Waals surface area contributed by atoms with E-state index >= 15 is 0 Å². The first-order chi connectivity index (χ1) is 15.5. The molecule has 0 bridgehead atoms. The number of hydrogen-bond donors (Lipinski definition) is 3. The lowest BCUT2D eigenvalue weighted by Crippen LogP contribution is -2.05. The first-order valence-corrected chi connectivity index (χ1v) is 10.8. The molecule has 2 aromatic carbocycles. The van der Waals surface area contributed by atoms with Crippen molar-refractivity contribution in [1.29, 1.82) is 0 Å². The van der Waals surface area contributed by atoms with Crippen LogP contribution in [0.25, 0.3) is 33.5 Å². The summed E-state index contributed by atoms with van der Waals surface area (Å²) in [6.45, 7) is 1.99. The molecule has 0 saturated heterocycles. The van der Waals surface area contributed by atoms with Gasteiger partial charge in [0.25, 0.3) is 0 Å². The maximum absolute atomic E-state index is 9.19. The predicted molar refractivity (Wildman–Crippen MR) is 125 cm³/mol. The summed E-state index contributed by atoms with van der Waals surface area (Å²) in [5.41, 5.74) is 5.01. The van der Waals surface area contributed by atoms with E-state index in [4.69, 9.17) is 27.9 Å². The summed E-state index contributed by atoms with van der Waals surface area (Å²) in [6, 6.07) is 11.6. The van der Waals surface area contributed by atoms with Crippen molar-refractivity contribution in [3.05, 3.63) is 70.0 Å². The van der Waals surface area contributed by atoms with Gasteiger partial charge in [-0.25, -0.2) is 4.98 Å². The molecule has 0 fully saturated rings. The zero-order chi connectivity index (χ0) is 22.2. The lowest BCUT2D eigenvalue weighted by atomic mass is 10.1. The number of hydrogen-bond acceptors (Lipinski definition) is 5. The number of rotatable bonds is 6. The summed E-state index contributed by atoms with van der Waals surface area (Å²) >= 11 is 12.5. The zero-order valence-corrected chi connectivity index (χ0v) is 18.6. The molecule has 7 nitrogen and oxygen atoms in total. The first-order valence-electron chi connectivity index (χ1n) is 10.1. The van der Waals surface area contributed by atoms with Gasteiger partial charge >= 0.3 is 0 Å². The molecule has 1 atom stereocenters. The van der Waals surface area contributed by atoms with Crippen molar-refractivity contribution in [2.24, 2.45) is 0 Å². The van der Waals surface area contributed by atoms with Gasteiger partial charge in [-0.1, -0.05) is 29.3 Å². The average molecular weight is 468 g/mol. The second kappa shape index (κ2) is 8.43. The van der Waals surface area contributed by atoms with Crippen molar-refractivity contribution in [3.63, 3.8) is 0 Å². The van der Waals surface area contributed by atoms with E-state index in [2.05, 4.69) is 25.1 Å². The molecule has 0 saturated carbocycles. The summed E-state index contributed by atoms with van der Waals surface area (Å²) in [7, 11) is 0. The Hall–Kier alpha value is -3.13. The second-order valence-corrected chi connectivity index (χ2v) is 8.28. The number of nitrogens with zero attached hydrogens (tertiary/aromatic N) is 3. The Morgan fingerprint density at radius 2 is 1.88 bits per heavy atom. The molecule has 3 heterocycles. The lowest BCUT2D eigenvalue weighted by Gasteiger charge is -2.17. The van der Waals surface area contributed by atoms with E-state index in [1.54, 1.807) is 12.4 Å². The van der Waals surface area contributed by atoms with Gasteiger partial charge in [0, 0.05) is 30.0 Å². The number of fused-ring (bicyclic) bond motifs is 2. The number of ether oxygens (including phenoxy) is 1. The van der Waals surface area contributed by atoms with Crippen LogP contribution >= 0.6 is 23.2 Å². The van der Waals surface area contributed by atoms with Gasteiger partial charge in [0.15, 0.2) is 5.82 Å². The summed E-state index contributed by atoms with van der Waals surface area (Å²) in [5.74, 6) is 1.30. The smallest absolute Gasteiger partial charge is 0.159 e. The Morgan fingerprint density at radius 1 is 1.06 bits per heavy atom. The van der Waals surface area contributed by atoms with Crippen LogP contribution in [0.1, 0.15) is 24.2 Å². The van der Waals surface area contributed by atoms with Crippen molar-refractivity contribution < 1.29 is 9.84 Å². The lowest BCUT2D eigenvalue weighted by molar-refractivity contribution is 0.227. The van der Waals surface area contributed by atoms with Crippen LogP contribution in [0.5, 0.6) is 5.75 Å². The molecule has 5 rings (SSSR count). The molecule has 0 aliphatic carbocycles. The number of pyridine rings is 1. The van der Waals surface area contributed by atoms with Crippen LogP contribution in [0.2, 0.25) is 10.0 Å². The van der Waals surface area contributed by atoms with Crippen LogP contribution < -0.4 is 4.74 Å². The van der Waals surface area contributed by atoms with Crippen molar-refractivity contribution in [1.82, 2.24) is 25.1 Å². The molecule has 5 aromatic rings. The van der Waals surface area contributed by atoms with Crippen LogP contribution in [0.15, 0.2) is 48.8 Å². The molecule has 0 radical (unpaired) electrons. The Morgan fingerprint density at radius 3 is 2.66 bits per heavy atom. The van der Waals surface area contributed by atoms with E-state index < -0.39 is 0 Å². The molecule has 162 valence electrons. The highest BCUT2D eigenvalue weighted by atomic mass is 35.5. The normalized spacial score (nSPS) is 12.5. The minimum Gasteiger partial charge on any atom is -0.486 e. The van der Waals surface area contributed by atoms with Crippen LogP contribution in [-0.2, 0) is 6.42 Å². The molecule has 3 N–H and O–H groups in total. The fourth-order valence-corrected chi connectivity index (χ4v) is 4.45. The SMILES string of the molecule is CC(Oc1ccc2[nH]nc(-c3nc4ccc(CCO)cc4[nH]3)c2c1)c1c(Cl)cncc1Cl. The molecule has 1 unspecified atom stereocenters. The van der Waals surface area contributed by atoms with E-state index in [0.717, 1.165) is 27.5 Å². The van der Waals surface area contributed by atoms with E-state index in [9.17, 15) is 5.11 Å². The quantitative estimate of drug-likeness (QED) is 0.306. The Kier molecular flexibility index (Phi) is 5.46. The molecular weight excluding hydrogens is 449 g/mol. The molecule has 3 aromatic heterocycles. The third-order valence-electron chi connectivity index (χ3n) is 5.32. The number of aromatic amines is 2. The molecule has 0 amide bonds. The third kappa shape index (κ3) is 3.79. The molecule has 0 aliphatic heterocycles. The topological polar surface area (TPSA) is 99.7 Å². The summed E-state index contributed by atoms with van der Waals surface area (Å²) < 4.78 is 6.14. The fourth-order valence-electron chi connectivity index (χ4n) is 3.77. The van der Waals surface area contributed by atoms with Gasteiger partial charge in [-0.3, -0.25) is 10.1 Å².